The van der Waals surface area contributed by atoms with Crippen LogP contribution in [0.1, 0.15) is 21.5 Å². The number of carbonyl (C=O) groups is 1. The molecule has 19 heavy (non-hydrogen) atoms. The van der Waals surface area contributed by atoms with Gasteiger partial charge in [-0.25, -0.2) is 4.39 Å². The highest BCUT2D eigenvalue weighted by Gasteiger charge is 2.32. The Balaban J connectivity index is 1.88. The van der Waals surface area contributed by atoms with Gasteiger partial charge in [0.05, 0.1) is 6.26 Å². The molecule has 0 aliphatic carbocycles. The number of halogens is 1. The second-order valence-electron chi connectivity index (χ2n) is 4.25. The summed E-state index contributed by atoms with van der Waals surface area (Å²) in [6.07, 6.45) is 1.48. The molecule has 1 saturated heterocycles. The fraction of sp³-hybridized carbons (Fsp3) is 0.214. The smallest absolute Gasteiger partial charge is 0.290 e. The Kier molecular flexibility index (Phi) is 3.29. The SMILES string of the molecule is O=C(c1ccco1)N1CCS[C@H]1c1cccc(F)c1. The largest absolute Gasteiger partial charge is 0.459 e. The molecule has 5 heteroatoms. The number of nitrogens with zero attached hydrogens (tertiary/aromatic N) is 1. The Bertz CT molecular complexity index is 585. The molecular weight excluding hydrogens is 265 g/mol. The molecule has 0 radical (unpaired) electrons. The Morgan fingerprint density at radius 2 is 2.26 bits per heavy atom. The minimum Gasteiger partial charge on any atom is -0.459 e. The zero-order chi connectivity index (χ0) is 13.2. The zero-order valence-corrected chi connectivity index (χ0v) is 10.9. The van der Waals surface area contributed by atoms with Crippen molar-refractivity contribution in [2.75, 3.05) is 12.3 Å². The molecule has 0 unspecified atom stereocenters. The van der Waals surface area contributed by atoms with Crippen LogP contribution < -0.4 is 0 Å². The first-order valence-corrected chi connectivity index (χ1v) is 7.02. The summed E-state index contributed by atoms with van der Waals surface area (Å²) in [5.74, 6) is 0.733. The molecule has 1 aliphatic rings. The maximum atomic E-state index is 13.3. The van der Waals surface area contributed by atoms with Crippen LogP contribution in [0, 0.1) is 5.82 Å². The second kappa shape index (κ2) is 5.09. The molecule has 2 aromatic rings. The molecule has 2 heterocycles. The van der Waals surface area contributed by atoms with E-state index in [4.69, 9.17) is 4.42 Å². The van der Waals surface area contributed by atoms with Gasteiger partial charge in [0.25, 0.3) is 5.91 Å². The van der Waals surface area contributed by atoms with E-state index < -0.39 is 0 Å². The average molecular weight is 277 g/mol. The number of carbonyl (C=O) groups excluding carboxylic acids is 1. The van der Waals surface area contributed by atoms with Crippen molar-refractivity contribution in [2.24, 2.45) is 0 Å². The standard InChI is InChI=1S/C14H12FNO2S/c15-11-4-1-3-10(9-11)14-16(6-8-19-14)13(17)12-5-2-7-18-12/h1-5,7,9,14H,6,8H2/t14-/m0/s1. The summed E-state index contributed by atoms with van der Waals surface area (Å²) in [5.41, 5.74) is 0.808. The average Bonchev–Trinajstić information content (AvgIpc) is 3.09. The molecule has 1 amide bonds. The Morgan fingerprint density at radius 1 is 1.37 bits per heavy atom. The van der Waals surface area contributed by atoms with Crippen LogP contribution in [-0.4, -0.2) is 23.1 Å². The van der Waals surface area contributed by atoms with Crippen LogP contribution in [0.3, 0.4) is 0 Å². The number of hydrogen-bond acceptors (Lipinski definition) is 3. The minimum atomic E-state index is -0.282. The minimum absolute atomic E-state index is 0.145. The van der Waals surface area contributed by atoms with Gasteiger partial charge < -0.3 is 9.32 Å². The molecule has 1 aromatic carbocycles. The number of rotatable bonds is 2. The summed E-state index contributed by atoms with van der Waals surface area (Å²) in [6, 6.07) is 9.72. The van der Waals surface area contributed by atoms with Crippen LogP contribution in [0.2, 0.25) is 0 Å². The maximum Gasteiger partial charge on any atom is 0.290 e. The van der Waals surface area contributed by atoms with Crippen LogP contribution in [0.4, 0.5) is 4.39 Å². The molecule has 0 saturated carbocycles. The van der Waals surface area contributed by atoms with Crippen molar-refractivity contribution < 1.29 is 13.6 Å². The summed E-state index contributed by atoms with van der Waals surface area (Å²) in [4.78, 5) is 14.0. The van der Waals surface area contributed by atoms with Crippen molar-refractivity contribution in [3.05, 3.63) is 59.8 Å². The lowest BCUT2D eigenvalue weighted by Crippen LogP contribution is -2.30. The van der Waals surface area contributed by atoms with E-state index in [2.05, 4.69) is 0 Å². The van der Waals surface area contributed by atoms with Crippen molar-refractivity contribution >= 4 is 17.7 Å². The van der Waals surface area contributed by atoms with E-state index in [9.17, 15) is 9.18 Å². The zero-order valence-electron chi connectivity index (χ0n) is 10.1. The van der Waals surface area contributed by atoms with Gasteiger partial charge in [-0.2, -0.15) is 0 Å². The molecule has 0 bridgehead atoms. The van der Waals surface area contributed by atoms with Gasteiger partial charge in [0.15, 0.2) is 5.76 Å². The van der Waals surface area contributed by atoms with Gasteiger partial charge in [-0.3, -0.25) is 4.79 Å². The van der Waals surface area contributed by atoms with Gasteiger partial charge in [-0.1, -0.05) is 12.1 Å². The summed E-state index contributed by atoms with van der Waals surface area (Å²) >= 11 is 1.63. The highest BCUT2D eigenvalue weighted by molar-refractivity contribution is 7.99. The number of amides is 1. The van der Waals surface area contributed by atoms with Gasteiger partial charge >= 0.3 is 0 Å². The van der Waals surface area contributed by atoms with Gasteiger partial charge in [0.2, 0.25) is 0 Å². The lowest BCUT2D eigenvalue weighted by Gasteiger charge is -2.23. The van der Waals surface area contributed by atoms with Crippen molar-refractivity contribution in [3.8, 4) is 0 Å². The lowest BCUT2D eigenvalue weighted by molar-refractivity contribution is 0.0728. The maximum absolute atomic E-state index is 13.3. The first-order chi connectivity index (χ1) is 9.25. The van der Waals surface area contributed by atoms with Crippen LogP contribution in [-0.2, 0) is 0 Å². The summed E-state index contributed by atoms with van der Waals surface area (Å²) < 4.78 is 18.4. The summed E-state index contributed by atoms with van der Waals surface area (Å²) in [6.45, 7) is 0.644. The molecule has 1 atom stereocenters. The van der Waals surface area contributed by atoms with Crippen LogP contribution in [0.25, 0.3) is 0 Å². The fourth-order valence-corrected chi connectivity index (χ4v) is 3.40. The first kappa shape index (κ1) is 12.3. The third kappa shape index (κ3) is 2.38. The third-order valence-corrected chi connectivity index (χ3v) is 4.28. The summed E-state index contributed by atoms with van der Waals surface area (Å²) in [5, 5.41) is -0.145. The third-order valence-electron chi connectivity index (χ3n) is 3.02. The quantitative estimate of drug-likeness (QED) is 0.844. The Labute approximate surface area is 114 Å². The Morgan fingerprint density at radius 3 is 3.00 bits per heavy atom. The molecule has 0 N–H and O–H groups in total. The lowest BCUT2D eigenvalue weighted by atomic mass is 10.2. The van der Waals surface area contributed by atoms with E-state index in [0.717, 1.165) is 11.3 Å². The van der Waals surface area contributed by atoms with Gasteiger partial charge in [-0.05, 0) is 29.8 Å². The monoisotopic (exact) mass is 277 g/mol. The first-order valence-electron chi connectivity index (χ1n) is 5.97. The molecule has 1 aromatic heterocycles. The molecular formula is C14H12FNO2S. The van der Waals surface area contributed by atoms with Crippen LogP contribution in [0.15, 0.2) is 47.1 Å². The second-order valence-corrected chi connectivity index (χ2v) is 5.44. The number of benzene rings is 1. The topological polar surface area (TPSA) is 33.5 Å². The predicted octanol–water partition coefficient (Wildman–Crippen LogP) is 3.31. The molecule has 0 spiro atoms. The van der Waals surface area contributed by atoms with E-state index >= 15 is 0 Å². The van der Waals surface area contributed by atoms with E-state index in [0.29, 0.717) is 12.3 Å². The van der Waals surface area contributed by atoms with Gasteiger partial charge in [-0.15, -0.1) is 11.8 Å². The van der Waals surface area contributed by atoms with Crippen molar-refractivity contribution in [2.45, 2.75) is 5.37 Å². The summed E-state index contributed by atoms with van der Waals surface area (Å²) in [7, 11) is 0. The Hall–Kier alpha value is -1.75. The highest BCUT2D eigenvalue weighted by Crippen LogP contribution is 2.38. The molecule has 3 rings (SSSR count). The number of furan rings is 1. The number of thioether (sulfide) groups is 1. The van der Waals surface area contributed by atoms with E-state index in [1.54, 1.807) is 34.9 Å². The molecule has 1 aliphatic heterocycles. The van der Waals surface area contributed by atoms with Crippen LogP contribution >= 0.6 is 11.8 Å². The molecule has 1 fully saturated rings. The van der Waals surface area contributed by atoms with E-state index in [1.165, 1.54) is 18.4 Å². The highest BCUT2D eigenvalue weighted by atomic mass is 32.2. The van der Waals surface area contributed by atoms with Crippen molar-refractivity contribution in [1.29, 1.82) is 0 Å². The number of hydrogen-bond donors (Lipinski definition) is 0. The van der Waals surface area contributed by atoms with Crippen molar-refractivity contribution in [3.63, 3.8) is 0 Å². The van der Waals surface area contributed by atoms with E-state index in [1.807, 2.05) is 6.07 Å². The molecule has 3 nitrogen and oxygen atoms in total. The van der Waals surface area contributed by atoms with Gasteiger partial charge in [0.1, 0.15) is 11.2 Å². The van der Waals surface area contributed by atoms with Gasteiger partial charge in [0, 0.05) is 12.3 Å². The van der Waals surface area contributed by atoms with E-state index in [-0.39, 0.29) is 17.1 Å². The molecule has 98 valence electrons. The normalized spacial score (nSPS) is 18.8. The predicted molar refractivity (Wildman–Crippen MR) is 71.3 cm³/mol. The van der Waals surface area contributed by atoms with Crippen molar-refractivity contribution in [1.82, 2.24) is 4.90 Å². The van der Waals surface area contributed by atoms with Crippen LogP contribution in [0.5, 0.6) is 0 Å². The fourth-order valence-electron chi connectivity index (χ4n) is 2.16.